The predicted octanol–water partition coefficient (Wildman–Crippen LogP) is 4.77. The van der Waals surface area contributed by atoms with Crippen LogP contribution in [0.25, 0.3) is 0 Å². The zero-order chi connectivity index (χ0) is 35.0. The summed E-state index contributed by atoms with van der Waals surface area (Å²) in [4.78, 5) is 29.0. The van der Waals surface area contributed by atoms with Gasteiger partial charge in [-0.25, -0.2) is 13.1 Å². The second kappa shape index (κ2) is 14.2. The zero-order valence-corrected chi connectivity index (χ0v) is 30.1. The number of hydrogen-bond donors (Lipinski definition) is 3. The first-order valence-electron chi connectivity index (χ1n) is 17.4. The number of amides is 2. The first-order chi connectivity index (χ1) is 23.4. The molecule has 1 saturated carbocycles. The van der Waals surface area contributed by atoms with Crippen molar-refractivity contribution in [3.8, 4) is 5.75 Å². The molecule has 2 aliphatic carbocycles. The molecule has 12 heteroatoms. The molecule has 6 atom stereocenters. The van der Waals surface area contributed by atoms with Crippen molar-refractivity contribution in [3.05, 3.63) is 70.3 Å². The average Bonchev–Trinajstić information content (AvgIpc) is 3.21. The molecule has 2 heterocycles. The SMILES string of the molecule is CO[C@@]1(CC(=O)NCCO)/C=C/C[C@H](C)[C@@H](C)S(=O)(=O)NC(=O)c2ccc3c(c2)N(C[C@@H]2CC[C@H]21)C[C@@]1(CCCc2cc(Cl)ccc21)CO3. The van der Waals surface area contributed by atoms with Crippen molar-refractivity contribution in [2.45, 2.75) is 75.1 Å². The Morgan fingerprint density at radius 2 is 2.02 bits per heavy atom. The van der Waals surface area contributed by atoms with E-state index in [2.05, 4.69) is 27.1 Å². The highest BCUT2D eigenvalue weighted by atomic mass is 35.5. The lowest BCUT2D eigenvalue weighted by Gasteiger charge is -2.50. The van der Waals surface area contributed by atoms with E-state index >= 15 is 0 Å². The lowest BCUT2D eigenvalue weighted by atomic mass is 9.62. The van der Waals surface area contributed by atoms with Gasteiger partial charge in [0.25, 0.3) is 5.91 Å². The highest BCUT2D eigenvalue weighted by Crippen LogP contribution is 2.50. The van der Waals surface area contributed by atoms with Gasteiger partial charge in [-0.3, -0.25) is 9.59 Å². The molecule has 10 nitrogen and oxygen atoms in total. The average molecular weight is 714 g/mol. The summed E-state index contributed by atoms with van der Waals surface area (Å²) in [6, 6.07) is 11.3. The number of fused-ring (bicyclic) bond motifs is 4. The third-order valence-corrected chi connectivity index (χ3v) is 13.6. The monoisotopic (exact) mass is 713 g/mol. The predicted molar refractivity (Wildman–Crippen MR) is 190 cm³/mol. The van der Waals surface area contributed by atoms with Gasteiger partial charge in [0.15, 0.2) is 0 Å². The molecule has 0 aromatic heterocycles. The summed E-state index contributed by atoms with van der Waals surface area (Å²) in [6.45, 7) is 5.12. The van der Waals surface area contributed by atoms with Gasteiger partial charge in [0.05, 0.1) is 36.2 Å². The molecule has 266 valence electrons. The van der Waals surface area contributed by atoms with Crippen LogP contribution in [-0.4, -0.2) is 76.1 Å². The third kappa shape index (κ3) is 7.09. The number of nitrogens with zero attached hydrogens (tertiary/aromatic N) is 1. The molecular weight excluding hydrogens is 666 g/mol. The van der Waals surface area contributed by atoms with Gasteiger partial charge in [-0.1, -0.05) is 36.7 Å². The fraction of sp³-hybridized carbons (Fsp3) is 0.568. The first kappa shape index (κ1) is 35.7. The summed E-state index contributed by atoms with van der Waals surface area (Å²) in [5.74, 6) is -0.446. The fourth-order valence-corrected chi connectivity index (χ4v) is 9.82. The molecule has 1 fully saturated rings. The van der Waals surface area contributed by atoms with Crippen molar-refractivity contribution in [2.75, 3.05) is 44.9 Å². The summed E-state index contributed by atoms with van der Waals surface area (Å²) >= 11 is 6.44. The van der Waals surface area contributed by atoms with Gasteiger partial charge in [-0.05, 0) is 105 Å². The first-order valence-corrected chi connectivity index (χ1v) is 19.3. The Labute approximate surface area is 294 Å². The van der Waals surface area contributed by atoms with E-state index in [0.717, 1.165) is 37.8 Å². The number of sulfonamides is 1. The maximum atomic E-state index is 13.5. The van der Waals surface area contributed by atoms with E-state index in [9.17, 15) is 23.1 Å². The third-order valence-electron chi connectivity index (χ3n) is 11.5. The number of carbonyl (C=O) groups excluding carboxylic acids is 2. The minimum Gasteiger partial charge on any atom is -0.490 e. The number of allylic oxidation sites excluding steroid dienone is 1. The Kier molecular flexibility index (Phi) is 10.4. The number of rotatable bonds is 5. The minimum atomic E-state index is -4.02. The number of benzene rings is 2. The van der Waals surface area contributed by atoms with Gasteiger partial charge < -0.3 is 24.8 Å². The smallest absolute Gasteiger partial charge is 0.264 e. The van der Waals surface area contributed by atoms with Gasteiger partial charge >= 0.3 is 0 Å². The molecule has 2 aromatic carbocycles. The number of carbonyl (C=O) groups is 2. The van der Waals surface area contributed by atoms with Crippen molar-refractivity contribution in [1.29, 1.82) is 0 Å². The molecule has 0 saturated heterocycles. The van der Waals surface area contributed by atoms with E-state index in [1.54, 1.807) is 32.2 Å². The van der Waals surface area contributed by atoms with E-state index in [4.69, 9.17) is 21.1 Å². The summed E-state index contributed by atoms with van der Waals surface area (Å²) < 4.78 is 42.1. The standard InChI is InChI=1S/C37H48ClN3O7S/c1-24-6-4-15-37(47-3,20-34(43)39-16-17-42)31-11-8-28(31)21-41-22-36(14-5-7-26-18-29(38)10-12-30(26)36)23-48-33-13-9-27(19-32(33)41)35(44)40-49(45,46)25(24)2/h4,9-10,12-13,15,18-19,24-25,28,31,42H,5-8,11,14,16-17,20-23H2,1-3H3,(H,39,43)(H,40,44)/b15-4+/t24-,25+,28-,31+,36-,37+/m0/s1. The molecule has 6 rings (SSSR count). The molecule has 2 aliphatic heterocycles. The number of ether oxygens (including phenoxy) is 2. The molecule has 0 radical (unpaired) electrons. The summed E-state index contributed by atoms with van der Waals surface area (Å²) in [6.07, 6.45) is 8.96. The molecule has 49 heavy (non-hydrogen) atoms. The van der Waals surface area contributed by atoms with Crippen molar-refractivity contribution >= 4 is 39.1 Å². The van der Waals surface area contributed by atoms with Gasteiger partial charge in [0, 0.05) is 42.7 Å². The maximum absolute atomic E-state index is 13.5. The number of nitrogens with one attached hydrogen (secondary N) is 2. The van der Waals surface area contributed by atoms with Crippen molar-refractivity contribution in [1.82, 2.24) is 10.0 Å². The Morgan fingerprint density at radius 3 is 2.76 bits per heavy atom. The number of aliphatic hydroxyl groups excluding tert-OH is 1. The number of hydrogen-bond acceptors (Lipinski definition) is 8. The van der Waals surface area contributed by atoms with E-state index < -0.39 is 26.8 Å². The summed E-state index contributed by atoms with van der Waals surface area (Å²) in [7, 11) is -2.39. The molecular formula is C37H48ClN3O7S. The summed E-state index contributed by atoms with van der Waals surface area (Å²) in [5.41, 5.74) is 2.14. The number of aliphatic hydroxyl groups is 1. The van der Waals surface area contributed by atoms with Crippen LogP contribution in [0.5, 0.6) is 5.75 Å². The van der Waals surface area contributed by atoms with Crippen molar-refractivity contribution in [2.24, 2.45) is 17.8 Å². The van der Waals surface area contributed by atoms with Crippen LogP contribution >= 0.6 is 11.6 Å². The van der Waals surface area contributed by atoms with Crippen LogP contribution in [0.4, 0.5) is 5.69 Å². The maximum Gasteiger partial charge on any atom is 0.264 e. The Bertz CT molecular complexity index is 1720. The van der Waals surface area contributed by atoms with Crippen LogP contribution in [0.3, 0.4) is 0 Å². The normalized spacial score (nSPS) is 31.6. The highest BCUT2D eigenvalue weighted by Gasteiger charge is 2.50. The quantitative estimate of drug-likeness (QED) is 0.378. The molecule has 3 N–H and O–H groups in total. The van der Waals surface area contributed by atoms with Gasteiger partial charge in [-0.2, -0.15) is 0 Å². The van der Waals surface area contributed by atoms with Crippen LogP contribution in [0.1, 0.15) is 73.9 Å². The second-order valence-electron chi connectivity index (χ2n) is 14.4. The van der Waals surface area contributed by atoms with Crippen LogP contribution in [0.15, 0.2) is 48.6 Å². The number of methoxy groups -OCH3 is 1. The largest absolute Gasteiger partial charge is 0.490 e. The second-order valence-corrected chi connectivity index (χ2v) is 16.9. The molecule has 4 aliphatic rings. The molecule has 2 amide bonds. The molecule has 2 aromatic rings. The van der Waals surface area contributed by atoms with Crippen LogP contribution in [-0.2, 0) is 31.4 Å². The van der Waals surface area contributed by atoms with Crippen molar-refractivity contribution < 1.29 is 32.6 Å². The Morgan fingerprint density at radius 1 is 1.20 bits per heavy atom. The number of halogens is 1. The fourth-order valence-electron chi connectivity index (χ4n) is 8.34. The minimum absolute atomic E-state index is 0.00880. The lowest BCUT2D eigenvalue weighted by Crippen LogP contribution is -2.54. The topological polar surface area (TPSA) is 134 Å². The van der Waals surface area contributed by atoms with Gasteiger partial charge in [-0.15, -0.1) is 0 Å². The number of aryl methyl sites for hydroxylation is 1. The van der Waals surface area contributed by atoms with Crippen LogP contribution < -0.4 is 19.7 Å². The van der Waals surface area contributed by atoms with E-state index in [1.165, 1.54) is 11.1 Å². The molecule has 0 unspecified atom stereocenters. The van der Waals surface area contributed by atoms with Crippen LogP contribution in [0.2, 0.25) is 5.02 Å². The highest BCUT2D eigenvalue weighted by molar-refractivity contribution is 7.90. The van der Waals surface area contributed by atoms with Gasteiger partial charge in [0.2, 0.25) is 15.9 Å². The van der Waals surface area contributed by atoms with E-state index in [-0.39, 0.29) is 54.2 Å². The summed E-state index contributed by atoms with van der Waals surface area (Å²) in [5, 5.41) is 12.0. The van der Waals surface area contributed by atoms with E-state index in [0.29, 0.717) is 36.9 Å². The zero-order valence-electron chi connectivity index (χ0n) is 28.5. The Balaban J connectivity index is 1.45. The number of anilines is 1. The lowest BCUT2D eigenvalue weighted by molar-refractivity contribution is -0.133. The van der Waals surface area contributed by atoms with Gasteiger partial charge in [0.1, 0.15) is 5.75 Å². The van der Waals surface area contributed by atoms with Crippen molar-refractivity contribution in [3.63, 3.8) is 0 Å². The van der Waals surface area contributed by atoms with Crippen LogP contribution in [0, 0.1) is 17.8 Å². The Hall–Kier alpha value is -3.12. The van der Waals surface area contributed by atoms with E-state index in [1.807, 2.05) is 25.1 Å². The molecule has 2 bridgehead atoms. The molecule has 1 spiro atoms.